The summed E-state index contributed by atoms with van der Waals surface area (Å²) in [6, 6.07) is 12.2. The minimum absolute atomic E-state index is 0.0658. The first-order valence-corrected chi connectivity index (χ1v) is 11.8. The summed E-state index contributed by atoms with van der Waals surface area (Å²) in [4.78, 5) is 2.16. The van der Waals surface area contributed by atoms with Gasteiger partial charge in [0, 0.05) is 25.0 Å². The lowest BCUT2D eigenvalue weighted by atomic mass is 10.0. The maximum absolute atomic E-state index is 13.5. The topological polar surface area (TPSA) is 79.3 Å². The van der Waals surface area contributed by atoms with Gasteiger partial charge in [0.05, 0.1) is 13.7 Å². The Kier molecular flexibility index (Phi) is 7.26. The Morgan fingerprint density at radius 3 is 2.42 bits per heavy atom. The molecule has 3 atom stereocenters. The average molecular weight is 449 g/mol. The number of likely N-dealkylation sites (N-methyl/N-ethyl adjacent to an activating group) is 1. The lowest BCUT2D eigenvalue weighted by Gasteiger charge is -2.37. The second kappa shape index (κ2) is 9.56. The normalized spacial score (nSPS) is 22.2. The molecule has 0 saturated heterocycles. The van der Waals surface area contributed by atoms with Crippen molar-refractivity contribution in [3.63, 3.8) is 0 Å². The number of fused-ring (bicyclic) bond motifs is 1. The molecular formula is C23H32N2O5S. The Labute approximate surface area is 185 Å². The lowest BCUT2D eigenvalue weighted by Crippen LogP contribution is -2.49. The van der Waals surface area contributed by atoms with E-state index >= 15 is 0 Å². The third-order valence-corrected chi connectivity index (χ3v) is 7.66. The molecule has 1 aliphatic rings. The average Bonchev–Trinajstić information content (AvgIpc) is 2.75. The van der Waals surface area contributed by atoms with E-state index in [0.29, 0.717) is 12.3 Å². The van der Waals surface area contributed by atoms with Crippen molar-refractivity contribution in [3.05, 3.63) is 42.5 Å². The van der Waals surface area contributed by atoms with Crippen LogP contribution in [-0.2, 0) is 10.0 Å². The van der Waals surface area contributed by atoms with Gasteiger partial charge in [-0.3, -0.25) is 0 Å². The Morgan fingerprint density at radius 1 is 1.19 bits per heavy atom. The largest absolute Gasteiger partial charge is 0.497 e. The van der Waals surface area contributed by atoms with Gasteiger partial charge in [0.15, 0.2) is 0 Å². The molecule has 1 N–H and O–H groups in total. The molecule has 0 amide bonds. The van der Waals surface area contributed by atoms with E-state index in [1.807, 2.05) is 50.2 Å². The van der Waals surface area contributed by atoms with E-state index in [4.69, 9.17) is 9.47 Å². The van der Waals surface area contributed by atoms with E-state index < -0.39 is 16.1 Å². The summed E-state index contributed by atoms with van der Waals surface area (Å²) in [5.41, 5.74) is 1.79. The van der Waals surface area contributed by atoms with Crippen molar-refractivity contribution in [1.29, 1.82) is 0 Å². The van der Waals surface area contributed by atoms with Crippen LogP contribution in [0.3, 0.4) is 0 Å². The van der Waals surface area contributed by atoms with Gasteiger partial charge in [0.2, 0.25) is 10.0 Å². The van der Waals surface area contributed by atoms with Gasteiger partial charge >= 0.3 is 0 Å². The van der Waals surface area contributed by atoms with Gasteiger partial charge < -0.3 is 19.5 Å². The van der Waals surface area contributed by atoms with E-state index in [1.54, 1.807) is 32.2 Å². The second-order valence-electron chi connectivity index (χ2n) is 8.39. The van der Waals surface area contributed by atoms with Crippen LogP contribution in [0.5, 0.6) is 11.5 Å². The molecule has 0 bridgehead atoms. The van der Waals surface area contributed by atoms with Crippen molar-refractivity contribution >= 4 is 10.0 Å². The monoisotopic (exact) mass is 448 g/mol. The van der Waals surface area contributed by atoms with E-state index in [0.717, 1.165) is 16.9 Å². The third kappa shape index (κ3) is 5.03. The fraction of sp³-hybridized carbons (Fsp3) is 0.478. The highest BCUT2D eigenvalue weighted by molar-refractivity contribution is 7.89. The third-order valence-electron chi connectivity index (χ3n) is 5.64. The van der Waals surface area contributed by atoms with Crippen LogP contribution in [0.25, 0.3) is 11.1 Å². The highest BCUT2D eigenvalue weighted by atomic mass is 32.2. The molecule has 0 aliphatic carbocycles. The Morgan fingerprint density at radius 2 is 1.84 bits per heavy atom. The van der Waals surface area contributed by atoms with Gasteiger partial charge in [-0.1, -0.05) is 25.1 Å². The van der Waals surface area contributed by atoms with Crippen molar-refractivity contribution in [1.82, 2.24) is 9.21 Å². The SMILES string of the molecule is COc1ccc(-c2ccc3c(c2)O[C@@H](CN(C)C)[C@H](C)CN([C@H](C)CO)S3(=O)=O)cc1. The molecule has 0 saturated carbocycles. The van der Waals surface area contributed by atoms with Crippen molar-refractivity contribution in [3.8, 4) is 22.6 Å². The quantitative estimate of drug-likeness (QED) is 0.732. The van der Waals surface area contributed by atoms with Crippen molar-refractivity contribution in [2.45, 2.75) is 30.9 Å². The first-order chi connectivity index (χ1) is 14.7. The van der Waals surface area contributed by atoms with Crippen LogP contribution in [-0.4, -0.2) is 75.8 Å². The summed E-state index contributed by atoms with van der Waals surface area (Å²) in [6.45, 7) is 4.39. The molecule has 31 heavy (non-hydrogen) atoms. The van der Waals surface area contributed by atoms with Crippen LogP contribution in [0.1, 0.15) is 13.8 Å². The van der Waals surface area contributed by atoms with Crippen LogP contribution in [0.4, 0.5) is 0 Å². The Balaban J connectivity index is 2.12. The van der Waals surface area contributed by atoms with Gasteiger partial charge in [-0.25, -0.2) is 8.42 Å². The predicted molar refractivity (Wildman–Crippen MR) is 121 cm³/mol. The van der Waals surface area contributed by atoms with Gasteiger partial charge in [0.25, 0.3) is 0 Å². The van der Waals surface area contributed by atoms with Crippen LogP contribution >= 0.6 is 0 Å². The molecule has 0 spiro atoms. The summed E-state index contributed by atoms with van der Waals surface area (Å²) in [6.07, 6.45) is -0.205. The molecule has 2 aromatic carbocycles. The van der Waals surface area contributed by atoms with Crippen molar-refractivity contribution in [2.24, 2.45) is 5.92 Å². The van der Waals surface area contributed by atoms with Crippen LogP contribution < -0.4 is 9.47 Å². The molecule has 0 aromatic heterocycles. The number of nitrogens with zero attached hydrogens (tertiary/aromatic N) is 2. The van der Waals surface area contributed by atoms with Crippen LogP contribution in [0.2, 0.25) is 0 Å². The van der Waals surface area contributed by atoms with Crippen molar-refractivity contribution in [2.75, 3.05) is 40.9 Å². The molecule has 7 nitrogen and oxygen atoms in total. The Hall–Kier alpha value is -2.13. The summed E-state index contributed by atoms with van der Waals surface area (Å²) < 4.78 is 39.9. The number of benzene rings is 2. The van der Waals surface area contributed by atoms with E-state index in [2.05, 4.69) is 0 Å². The molecule has 8 heteroatoms. The first-order valence-electron chi connectivity index (χ1n) is 10.4. The maximum atomic E-state index is 13.5. The first kappa shape index (κ1) is 23.5. The molecule has 1 heterocycles. The maximum Gasteiger partial charge on any atom is 0.247 e. The van der Waals surface area contributed by atoms with Gasteiger partial charge in [-0.05, 0) is 56.4 Å². The van der Waals surface area contributed by atoms with Crippen LogP contribution in [0.15, 0.2) is 47.4 Å². The zero-order valence-electron chi connectivity index (χ0n) is 18.8. The molecule has 1 aliphatic heterocycles. The second-order valence-corrected chi connectivity index (χ2v) is 10.3. The molecule has 2 aromatic rings. The predicted octanol–water partition coefficient (Wildman–Crippen LogP) is 2.69. The van der Waals surface area contributed by atoms with E-state index in [1.165, 1.54) is 4.31 Å². The van der Waals surface area contributed by atoms with Gasteiger partial charge in [-0.15, -0.1) is 0 Å². The molecule has 0 unspecified atom stereocenters. The minimum Gasteiger partial charge on any atom is -0.497 e. The van der Waals surface area contributed by atoms with Crippen molar-refractivity contribution < 1.29 is 23.0 Å². The molecular weight excluding hydrogens is 416 g/mol. The lowest BCUT2D eigenvalue weighted by molar-refractivity contribution is 0.0813. The standard InChI is InChI=1S/C23H32N2O5S/c1-16-13-25(17(2)15-26)31(27,28)23-11-8-19(18-6-9-20(29-5)10-7-18)12-21(23)30-22(16)14-24(3)4/h6-12,16-17,22,26H,13-15H2,1-5H3/t16-,17-,22+/m1/s1. The highest BCUT2D eigenvalue weighted by Crippen LogP contribution is 2.36. The molecule has 0 fully saturated rings. The summed E-state index contributed by atoms with van der Waals surface area (Å²) >= 11 is 0. The summed E-state index contributed by atoms with van der Waals surface area (Å²) in [5, 5.41) is 9.71. The summed E-state index contributed by atoms with van der Waals surface area (Å²) in [7, 11) is 1.71. The van der Waals surface area contributed by atoms with Gasteiger partial charge in [-0.2, -0.15) is 4.31 Å². The number of methoxy groups -OCH3 is 1. The number of hydrogen-bond donors (Lipinski definition) is 1. The highest BCUT2D eigenvalue weighted by Gasteiger charge is 2.37. The number of aliphatic hydroxyl groups excluding tert-OH is 1. The number of rotatable bonds is 6. The number of hydrogen-bond acceptors (Lipinski definition) is 6. The Bertz CT molecular complexity index is 992. The fourth-order valence-electron chi connectivity index (χ4n) is 3.77. The summed E-state index contributed by atoms with van der Waals surface area (Å²) in [5.74, 6) is 1.02. The smallest absolute Gasteiger partial charge is 0.247 e. The number of aliphatic hydroxyl groups is 1. The molecule has 3 rings (SSSR count). The zero-order chi connectivity index (χ0) is 22.8. The molecule has 0 radical (unpaired) electrons. The van der Waals surface area contributed by atoms with Crippen LogP contribution in [0, 0.1) is 5.92 Å². The van der Waals surface area contributed by atoms with E-state index in [9.17, 15) is 13.5 Å². The van der Waals surface area contributed by atoms with E-state index in [-0.39, 0.29) is 30.1 Å². The fourth-order valence-corrected chi connectivity index (χ4v) is 5.59. The molecule has 170 valence electrons. The van der Waals surface area contributed by atoms with Gasteiger partial charge in [0.1, 0.15) is 22.5 Å². The zero-order valence-corrected chi connectivity index (χ0v) is 19.6. The minimum atomic E-state index is -3.83. The number of sulfonamides is 1. The number of ether oxygens (including phenoxy) is 2.